The summed E-state index contributed by atoms with van der Waals surface area (Å²) < 4.78 is 4.99. The number of carbonyl (C=O) groups is 1. The fraction of sp³-hybridized carbons (Fsp3) is 0.938. The Morgan fingerprint density at radius 1 is 0.889 bits per heavy atom. The van der Waals surface area contributed by atoms with Crippen molar-refractivity contribution in [2.75, 3.05) is 0 Å². The molecule has 0 aromatic carbocycles. The molecule has 106 valence electrons. The van der Waals surface area contributed by atoms with Crippen LogP contribution in [0.4, 0.5) is 0 Å². The van der Waals surface area contributed by atoms with Gasteiger partial charge in [0.1, 0.15) is 6.10 Å². The highest BCUT2D eigenvalue weighted by Crippen LogP contribution is 2.20. The molecule has 18 heavy (non-hydrogen) atoms. The number of ether oxygens (including phenoxy) is 1. The van der Waals surface area contributed by atoms with E-state index in [-0.39, 0.29) is 12.1 Å². The second kappa shape index (κ2) is 10.4. The van der Waals surface area contributed by atoms with Gasteiger partial charge in [0.2, 0.25) is 0 Å². The molecule has 1 rings (SSSR count). The second-order valence-electron chi connectivity index (χ2n) is 5.64. The highest BCUT2D eigenvalue weighted by Gasteiger charge is 2.27. The zero-order valence-electron chi connectivity index (χ0n) is 12.1. The summed E-state index contributed by atoms with van der Waals surface area (Å²) in [5.41, 5.74) is 0. The summed E-state index contributed by atoms with van der Waals surface area (Å²) in [4.78, 5) is 10.6. The van der Waals surface area contributed by atoms with E-state index in [0.717, 1.165) is 6.42 Å². The highest BCUT2D eigenvalue weighted by molar-refractivity contribution is 5.75. The molecular formula is C16H30O2. The minimum atomic E-state index is -0.0110. The maximum Gasteiger partial charge on any atom is 0.309 e. The second-order valence-corrected chi connectivity index (χ2v) is 5.64. The Bertz CT molecular complexity index is 205. The van der Waals surface area contributed by atoms with Crippen LogP contribution in [0.15, 0.2) is 0 Å². The summed E-state index contributed by atoms with van der Waals surface area (Å²) in [7, 11) is 0. The number of unbranched alkanes of at least 4 members (excludes halogenated alkanes) is 10. The Morgan fingerprint density at radius 2 is 1.33 bits per heavy atom. The number of esters is 1. The van der Waals surface area contributed by atoms with Crippen LogP contribution in [0, 0.1) is 0 Å². The highest BCUT2D eigenvalue weighted by atomic mass is 16.6. The minimum Gasteiger partial charge on any atom is -0.462 e. The lowest BCUT2D eigenvalue weighted by molar-refractivity contribution is -0.169. The fourth-order valence-electron chi connectivity index (χ4n) is 2.56. The molecule has 1 aliphatic rings. The van der Waals surface area contributed by atoms with Crippen molar-refractivity contribution in [3.63, 3.8) is 0 Å². The van der Waals surface area contributed by atoms with Crippen molar-refractivity contribution in [2.45, 2.75) is 96.5 Å². The third-order valence-electron chi connectivity index (χ3n) is 3.82. The van der Waals surface area contributed by atoms with Crippen molar-refractivity contribution >= 4 is 5.97 Å². The van der Waals surface area contributed by atoms with E-state index in [2.05, 4.69) is 6.92 Å². The Hall–Kier alpha value is -0.530. The summed E-state index contributed by atoms with van der Waals surface area (Å²) in [6, 6.07) is 0. The van der Waals surface area contributed by atoms with Crippen LogP contribution in [-0.2, 0) is 9.53 Å². The maximum atomic E-state index is 10.6. The largest absolute Gasteiger partial charge is 0.462 e. The van der Waals surface area contributed by atoms with E-state index in [4.69, 9.17) is 4.74 Å². The molecule has 1 saturated heterocycles. The molecule has 0 saturated carbocycles. The van der Waals surface area contributed by atoms with Crippen molar-refractivity contribution in [3.8, 4) is 0 Å². The first-order chi connectivity index (χ1) is 8.83. The smallest absolute Gasteiger partial charge is 0.309 e. The third kappa shape index (κ3) is 7.73. The average molecular weight is 254 g/mol. The molecule has 0 aliphatic carbocycles. The molecule has 1 fully saturated rings. The SMILES string of the molecule is CCCCCCCCCCCCCC1CC(=O)O1. The molecule has 1 unspecified atom stereocenters. The first kappa shape index (κ1) is 15.5. The van der Waals surface area contributed by atoms with Crippen LogP contribution >= 0.6 is 0 Å². The maximum absolute atomic E-state index is 10.6. The van der Waals surface area contributed by atoms with Crippen molar-refractivity contribution in [1.82, 2.24) is 0 Å². The van der Waals surface area contributed by atoms with Gasteiger partial charge in [0.25, 0.3) is 0 Å². The molecule has 1 aliphatic heterocycles. The van der Waals surface area contributed by atoms with E-state index in [0.29, 0.717) is 6.42 Å². The summed E-state index contributed by atoms with van der Waals surface area (Å²) in [6.07, 6.45) is 17.2. The number of cyclic esters (lactones) is 1. The zero-order valence-corrected chi connectivity index (χ0v) is 12.1. The van der Waals surface area contributed by atoms with Gasteiger partial charge in [-0.05, 0) is 12.8 Å². The predicted octanol–water partition coefficient (Wildman–Crippen LogP) is 5.00. The van der Waals surface area contributed by atoms with Crippen LogP contribution in [0.1, 0.15) is 90.4 Å². The first-order valence-electron chi connectivity index (χ1n) is 8.02. The third-order valence-corrected chi connectivity index (χ3v) is 3.82. The minimum absolute atomic E-state index is 0.0110. The molecule has 0 amide bonds. The fourth-order valence-corrected chi connectivity index (χ4v) is 2.56. The molecule has 0 spiro atoms. The summed E-state index contributed by atoms with van der Waals surface area (Å²) in [5, 5.41) is 0. The Morgan fingerprint density at radius 3 is 1.78 bits per heavy atom. The quantitative estimate of drug-likeness (QED) is 0.362. The zero-order chi connectivity index (χ0) is 13.1. The van der Waals surface area contributed by atoms with E-state index in [1.807, 2.05) is 0 Å². The molecule has 0 aromatic heterocycles. The van der Waals surface area contributed by atoms with Gasteiger partial charge in [-0.2, -0.15) is 0 Å². The van der Waals surface area contributed by atoms with Gasteiger partial charge < -0.3 is 4.74 Å². The summed E-state index contributed by atoms with van der Waals surface area (Å²) in [5.74, 6) is -0.0110. The Kier molecular flexibility index (Phi) is 8.97. The molecule has 1 heterocycles. The normalized spacial score (nSPS) is 18.5. The Labute approximate surface area is 112 Å². The number of hydrogen-bond donors (Lipinski definition) is 0. The van der Waals surface area contributed by atoms with Crippen LogP contribution in [0.3, 0.4) is 0 Å². The van der Waals surface area contributed by atoms with E-state index in [1.54, 1.807) is 0 Å². The summed E-state index contributed by atoms with van der Waals surface area (Å²) >= 11 is 0. The van der Waals surface area contributed by atoms with Crippen molar-refractivity contribution < 1.29 is 9.53 Å². The van der Waals surface area contributed by atoms with Crippen LogP contribution in [0.5, 0.6) is 0 Å². The predicted molar refractivity (Wildman–Crippen MR) is 75.6 cm³/mol. The molecule has 0 N–H and O–H groups in total. The first-order valence-corrected chi connectivity index (χ1v) is 8.02. The molecule has 1 atom stereocenters. The molecule has 2 nitrogen and oxygen atoms in total. The van der Waals surface area contributed by atoms with E-state index >= 15 is 0 Å². The van der Waals surface area contributed by atoms with Crippen molar-refractivity contribution in [2.24, 2.45) is 0 Å². The Balaban J connectivity index is 1.67. The molecular weight excluding hydrogens is 224 g/mol. The average Bonchev–Trinajstić information content (AvgIpc) is 2.33. The van der Waals surface area contributed by atoms with Gasteiger partial charge in [-0.15, -0.1) is 0 Å². The van der Waals surface area contributed by atoms with Crippen LogP contribution in [0.25, 0.3) is 0 Å². The van der Waals surface area contributed by atoms with E-state index < -0.39 is 0 Å². The standard InChI is InChI=1S/C16H30O2/c1-2-3-4-5-6-7-8-9-10-11-12-13-15-14-16(17)18-15/h15H,2-14H2,1H3. The van der Waals surface area contributed by atoms with Crippen LogP contribution in [0.2, 0.25) is 0 Å². The summed E-state index contributed by atoms with van der Waals surface area (Å²) in [6.45, 7) is 2.27. The van der Waals surface area contributed by atoms with Crippen molar-refractivity contribution in [1.29, 1.82) is 0 Å². The topological polar surface area (TPSA) is 26.3 Å². The molecule has 0 bridgehead atoms. The van der Waals surface area contributed by atoms with E-state index in [9.17, 15) is 4.79 Å². The lowest BCUT2D eigenvalue weighted by Gasteiger charge is -2.25. The number of carbonyl (C=O) groups excluding carboxylic acids is 1. The lowest BCUT2D eigenvalue weighted by Crippen LogP contribution is -2.32. The number of rotatable bonds is 12. The number of hydrogen-bond acceptors (Lipinski definition) is 2. The van der Waals surface area contributed by atoms with Gasteiger partial charge in [-0.3, -0.25) is 4.79 Å². The van der Waals surface area contributed by atoms with Crippen LogP contribution in [-0.4, -0.2) is 12.1 Å². The lowest BCUT2D eigenvalue weighted by atomic mass is 10.0. The monoisotopic (exact) mass is 254 g/mol. The van der Waals surface area contributed by atoms with Gasteiger partial charge >= 0.3 is 5.97 Å². The van der Waals surface area contributed by atoms with Gasteiger partial charge in [-0.1, -0.05) is 71.1 Å². The van der Waals surface area contributed by atoms with Crippen LogP contribution < -0.4 is 0 Å². The van der Waals surface area contributed by atoms with Crippen molar-refractivity contribution in [3.05, 3.63) is 0 Å². The van der Waals surface area contributed by atoms with Gasteiger partial charge in [0.15, 0.2) is 0 Å². The molecule has 0 aromatic rings. The molecule has 0 radical (unpaired) electrons. The van der Waals surface area contributed by atoms with Gasteiger partial charge in [0.05, 0.1) is 6.42 Å². The van der Waals surface area contributed by atoms with E-state index in [1.165, 1.54) is 70.6 Å². The van der Waals surface area contributed by atoms with Gasteiger partial charge in [0, 0.05) is 0 Å². The molecule has 2 heteroatoms. The van der Waals surface area contributed by atoms with Gasteiger partial charge in [-0.25, -0.2) is 0 Å².